The van der Waals surface area contributed by atoms with Gasteiger partial charge in [-0.3, -0.25) is 9.78 Å². The van der Waals surface area contributed by atoms with Crippen molar-refractivity contribution in [3.05, 3.63) is 59.2 Å². The number of benzene rings is 1. The first-order valence-corrected chi connectivity index (χ1v) is 7.00. The van der Waals surface area contributed by atoms with Crippen molar-refractivity contribution in [3.63, 3.8) is 0 Å². The molecule has 120 valence electrons. The van der Waals surface area contributed by atoms with E-state index in [-0.39, 0.29) is 11.3 Å². The number of amides is 1. The van der Waals surface area contributed by atoms with Crippen LogP contribution in [-0.4, -0.2) is 17.4 Å². The van der Waals surface area contributed by atoms with Gasteiger partial charge in [-0.2, -0.15) is 13.2 Å². The summed E-state index contributed by atoms with van der Waals surface area (Å²) in [5.41, 5.74) is -0.165. The molecule has 1 amide bonds. The number of halogens is 4. The van der Waals surface area contributed by atoms with Gasteiger partial charge < -0.3 is 4.90 Å². The Morgan fingerprint density at radius 2 is 1.96 bits per heavy atom. The minimum Gasteiger partial charge on any atom is -0.305 e. The summed E-state index contributed by atoms with van der Waals surface area (Å²) in [6, 6.07) is 6.38. The van der Waals surface area contributed by atoms with E-state index in [1.54, 1.807) is 12.1 Å². The van der Waals surface area contributed by atoms with Crippen molar-refractivity contribution >= 4 is 11.6 Å². The normalized spacial score (nSPS) is 14.5. The molecule has 2 heterocycles. The van der Waals surface area contributed by atoms with Gasteiger partial charge in [0.25, 0.3) is 5.91 Å². The third-order valence-corrected chi connectivity index (χ3v) is 3.71. The summed E-state index contributed by atoms with van der Waals surface area (Å²) >= 11 is 0. The van der Waals surface area contributed by atoms with Crippen LogP contribution in [0, 0.1) is 5.82 Å². The fraction of sp³-hybridized carbons (Fsp3) is 0.250. The van der Waals surface area contributed by atoms with Crippen molar-refractivity contribution in [1.82, 2.24) is 4.98 Å². The fourth-order valence-corrected chi connectivity index (χ4v) is 2.65. The highest BCUT2D eigenvalue weighted by molar-refractivity contribution is 6.06. The lowest BCUT2D eigenvalue weighted by Gasteiger charge is -2.29. The van der Waals surface area contributed by atoms with Crippen LogP contribution in [0.1, 0.15) is 28.0 Å². The van der Waals surface area contributed by atoms with E-state index in [0.29, 0.717) is 24.9 Å². The Balaban J connectivity index is 1.93. The molecular weight excluding hydrogens is 312 g/mol. The number of nitrogens with zero attached hydrogens (tertiary/aromatic N) is 2. The van der Waals surface area contributed by atoms with Crippen LogP contribution in [0.15, 0.2) is 36.5 Å². The Hall–Kier alpha value is -2.44. The number of carbonyl (C=O) groups is 1. The van der Waals surface area contributed by atoms with Gasteiger partial charge in [0.2, 0.25) is 0 Å². The number of carbonyl (C=O) groups excluding carboxylic acids is 1. The smallest absolute Gasteiger partial charge is 0.305 e. The minimum atomic E-state index is -4.56. The molecule has 1 aliphatic heterocycles. The van der Waals surface area contributed by atoms with Crippen LogP contribution in [0.2, 0.25) is 0 Å². The number of anilines is 1. The third kappa shape index (κ3) is 2.91. The number of fused-ring (bicyclic) bond motifs is 1. The number of pyridine rings is 1. The molecular formula is C16H12F4N2O. The number of hydrogen-bond acceptors (Lipinski definition) is 2. The van der Waals surface area contributed by atoms with Crippen molar-refractivity contribution in [2.24, 2.45) is 0 Å². The Kier molecular flexibility index (Phi) is 3.79. The van der Waals surface area contributed by atoms with Crippen LogP contribution in [-0.2, 0) is 12.6 Å². The van der Waals surface area contributed by atoms with Crippen LogP contribution in [0.4, 0.5) is 23.2 Å². The first-order chi connectivity index (χ1) is 10.9. The Labute approximate surface area is 129 Å². The molecule has 0 N–H and O–H groups in total. The third-order valence-electron chi connectivity index (χ3n) is 3.71. The lowest BCUT2D eigenvalue weighted by Crippen LogP contribution is -2.36. The number of aromatic nitrogens is 1. The van der Waals surface area contributed by atoms with Gasteiger partial charge >= 0.3 is 6.18 Å². The first-order valence-electron chi connectivity index (χ1n) is 7.00. The average Bonchev–Trinajstić information content (AvgIpc) is 2.53. The average molecular weight is 324 g/mol. The maximum absolute atomic E-state index is 14.1. The molecule has 1 aromatic carbocycles. The fourth-order valence-electron chi connectivity index (χ4n) is 2.65. The Morgan fingerprint density at radius 1 is 1.17 bits per heavy atom. The first kappa shape index (κ1) is 15.5. The summed E-state index contributed by atoms with van der Waals surface area (Å²) in [7, 11) is 0. The molecule has 1 aliphatic rings. The van der Waals surface area contributed by atoms with Gasteiger partial charge in [0.1, 0.15) is 11.5 Å². The van der Waals surface area contributed by atoms with E-state index in [1.807, 2.05) is 0 Å². The second-order valence-electron chi connectivity index (χ2n) is 5.24. The molecule has 3 rings (SSSR count). The highest BCUT2D eigenvalue weighted by Crippen LogP contribution is 2.31. The molecule has 0 radical (unpaired) electrons. The summed E-state index contributed by atoms with van der Waals surface area (Å²) < 4.78 is 51.6. The zero-order valence-corrected chi connectivity index (χ0v) is 11.9. The lowest BCUT2D eigenvalue weighted by molar-refractivity contribution is -0.141. The number of alkyl halides is 3. The molecule has 0 unspecified atom stereocenters. The van der Waals surface area contributed by atoms with Crippen molar-refractivity contribution in [2.75, 3.05) is 11.4 Å². The van der Waals surface area contributed by atoms with Crippen LogP contribution in [0.5, 0.6) is 0 Å². The van der Waals surface area contributed by atoms with Crippen molar-refractivity contribution in [1.29, 1.82) is 0 Å². The summed E-state index contributed by atoms with van der Waals surface area (Å²) in [5.74, 6) is -1.08. The van der Waals surface area contributed by atoms with E-state index in [4.69, 9.17) is 0 Å². The van der Waals surface area contributed by atoms with Gasteiger partial charge in [0.15, 0.2) is 0 Å². The number of hydrogen-bond donors (Lipinski definition) is 0. The standard InChI is InChI=1S/C16H12F4N2O/c17-12-5-1-3-10-4-2-8-22(14(10)12)15(23)11-6-7-13(21-9-11)16(18,19)20/h1,3,5-7,9H,2,4,8H2. The van der Waals surface area contributed by atoms with Gasteiger partial charge in [-0.15, -0.1) is 0 Å². The van der Waals surface area contributed by atoms with Crippen LogP contribution < -0.4 is 4.90 Å². The SMILES string of the molecule is O=C(c1ccc(C(F)(F)F)nc1)N1CCCc2cccc(F)c21. The number of rotatable bonds is 1. The van der Waals surface area contributed by atoms with E-state index < -0.39 is 23.6 Å². The summed E-state index contributed by atoms with van der Waals surface area (Å²) in [5, 5.41) is 0. The molecule has 7 heteroatoms. The quantitative estimate of drug-likeness (QED) is 0.747. The van der Waals surface area contributed by atoms with Crippen molar-refractivity contribution in [3.8, 4) is 0 Å². The van der Waals surface area contributed by atoms with Gasteiger partial charge in [0.05, 0.1) is 11.3 Å². The molecule has 0 saturated carbocycles. The van der Waals surface area contributed by atoms with Gasteiger partial charge in [-0.05, 0) is 36.6 Å². The predicted octanol–water partition coefficient (Wildman–Crippen LogP) is 3.83. The van der Waals surface area contributed by atoms with E-state index >= 15 is 0 Å². The van der Waals surface area contributed by atoms with E-state index in [1.165, 1.54) is 11.0 Å². The largest absolute Gasteiger partial charge is 0.433 e. The van der Waals surface area contributed by atoms with Crippen LogP contribution in [0.25, 0.3) is 0 Å². The molecule has 0 spiro atoms. The van der Waals surface area contributed by atoms with E-state index in [9.17, 15) is 22.4 Å². The molecule has 0 aliphatic carbocycles. The molecule has 2 aromatic rings. The highest BCUT2D eigenvalue weighted by atomic mass is 19.4. The minimum absolute atomic E-state index is 0.00546. The predicted molar refractivity (Wildman–Crippen MR) is 75.6 cm³/mol. The van der Waals surface area contributed by atoms with Crippen molar-refractivity contribution in [2.45, 2.75) is 19.0 Å². The summed E-state index contributed by atoms with van der Waals surface area (Å²) in [6.07, 6.45) is -2.37. The molecule has 0 atom stereocenters. The van der Waals surface area contributed by atoms with E-state index in [2.05, 4.69) is 4.98 Å². The molecule has 0 fully saturated rings. The lowest BCUT2D eigenvalue weighted by atomic mass is 10.0. The van der Waals surface area contributed by atoms with Gasteiger partial charge in [0, 0.05) is 12.7 Å². The highest BCUT2D eigenvalue weighted by Gasteiger charge is 2.33. The molecule has 1 aromatic heterocycles. The van der Waals surface area contributed by atoms with Crippen LogP contribution >= 0.6 is 0 Å². The maximum Gasteiger partial charge on any atom is 0.433 e. The number of aryl methyl sites for hydroxylation is 1. The topological polar surface area (TPSA) is 33.2 Å². The van der Waals surface area contributed by atoms with Gasteiger partial charge in [-0.1, -0.05) is 12.1 Å². The summed E-state index contributed by atoms with van der Waals surface area (Å²) in [6.45, 7) is 0.313. The zero-order chi connectivity index (χ0) is 16.6. The van der Waals surface area contributed by atoms with Crippen molar-refractivity contribution < 1.29 is 22.4 Å². The summed E-state index contributed by atoms with van der Waals surface area (Å²) in [4.78, 5) is 17.1. The molecule has 0 saturated heterocycles. The maximum atomic E-state index is 14.1. The second-order valence-corrected chi connectivity index (χ2v) is 5.24. The Bertz CT molecular complexity index is 741. The van der Waals surface area contributed by atoms with Crippen LogP contribution in [0.3, 0.4) is 0 Å². The zero-order valence-electron chi connectivity index (χ0n) is 11.9. The number of para-hydroxylation sites is 1. The second kappa shape index (κ2) is 5.64. The molecule has 3 nitrogen and oxygen atoms in total. The molecule has 23 heavy (non-hydrogen) atoms. The van der Waals surface area contributed by atoms with E-state index in [0.717, 1.165) is 18.3 Å². The molecule has 0 bridgehead atoms. The van der Waals surface area contributed by atoms with Gasteiger partial charge in [-0.25, -0.2) is 4.39 Å². The monoisotopic (exact) mass is 324 g/mol. The Morgan fingerprint density at radius 3 is 2.61 bits per heavy atom.